The van der Waals surface area contributed by atoms with E-state index in [-0.39, 0.29) is 22.8 Å². The van der Waals surface area contributed by atoms with Gasteiger partial charge in [0.2, 0.25) is 0 Å². The van der Waals surface area contributed by atoms with Crippen molar-refractivity contribution in [3.8, 4) is 5.75 Å². The Hall–Kier alpha value is -3.52. The fraction of sp³-hybridized carbons (Fsp3) is 0.345. The van der Waals surface area contributed by atoms with Gasteiger partial charge in [-0.15, -0.1) is 0 Å². The van der Waals surface area contributed by atoms with E-state index in [0.717, 1.165) is 12.5 Å². The molecule has 1 heterocycles. The number of nitrogens with two attached hydrogens (primary N) is 1. The molecule has 0 fully saturated rings. The average molecular weight is 518 g/mol. The summed E-state index contributed by atoms with van der Waals surface area (Å²) in [7, 11) is 0. The Morgan fingerprint density at radius 3 is 2.54 bits per heavy atom. The van der Waals surface area contributed by atoms with Gasteiger partial charge in [-0.25, -0.2) is 18.2 Å². The van der Waals surface area contributed by atoms with Crippen molar-refractivity contribution in [3.05, 3.63) is 97.2 Å². The Morgan fingerprint density at radius 2 is 1.97 bits per heavy atom. The second-order valence-corrected chi connectivity index (χ2v) is 8.07. The molecule has 0 saturated heterocycles. The molecule has 37 heavy (non-hydrogen) atoms. The molecule has 2 atom stereocenters. The lowest BCUT2D eigenvalue weighted by Gasteiger charge is -2.24. The zero-order valence-corrected chi connectivity index (χ0v) is 22.1. The number of benzene rings is 1. The van der Waals surface area contributed by atoms with Crippen LogP contribution in [0, 0.1) is 11.7 Å². The number of alkyl halides is 2. The number of aliphatic hydroxyl groups excluding tert-OH is 1. The molecule has 1 aromatic carbocycles. The van der Waals surface area contributed by atoms with E-state index < -0.39 is 30.9 Å². The van der Waals surface area contributed by atoms with Crippen molar-refractivity contribution in [1.82, 2.24) is 5.01 Å². The summed E-state index contributed by atoms with van der Waals surface area (Å²) in [5, 5.41) is 15.8. The SMILES string of the molecule is C=C/C=C(\C=C)C(O)C(F)(F)CCOc1cccc(C2=CC(=C)N(/N=C(/N)C(C)CC)C=C2)c1F.CC. The number of hydrazone groups is 1. The first-order chi connectivity index (χ1) is 17.5. The molecular weight excluding hydrogens is 479 g/mol. The molecule has 0 saturated carbocycles. The van der Waals surface area contributed by atoms with Crippen LogP contribution in [-0.2, 0) is 0 Å². The van der Waals surface area contributed by atoms with E-state index in [9.17, 15) is 13.9 Å². The molecule has 0 radical (unpaired) electrons. The minimum absolute atomic E-state index is 0.0706. The molecule has 0 spiro atoms. The third-order valence-corrected chi connectivity index (χ3v) is 5.58. The summed E-state index contributed by atoms with van der Waals surface area (Å²) >= 11 is 0. The zero-order chi connectivity index (χ0) is 28.2. The number of ether oxygens (including phenoxy) is 1. The molecule has 0 bridgehead atoms. The molecule has 8 heteroatoms. The summed E-state index contributed by atoms with van der Waals surface area (Å²) in [6.07, 6.45) is 6.50. The van der Waals surface area contributed by atoms with Crippen LogP contribution < -0.4 is 10.5 Å². The van der Waals surface area contributed by atoms with Crippen LogP contribution in [0.4, 0.5) is 13.2 Å². The highest BCUT2D eigenvalue weighted by Gasteiger charge is 2.39. The molecule has 1 aliphatic rings. The highest BCUT2D eigenvalue weighted by atomic mass is 19.3. The van der Waals surface area contributed by atoms with E-state index in [1.54, 1.807) is 30.5 Å². The van der Waals surface area contributed by atoms with Crippen molar-refractivity contribution in [2.75, 3.05) is 6.61 Å². The van der Waals surface area contributed by atoms with Crippen LogP contribution in [0.3, 0.4) is 0 Å². The predicted octanol–water partition coefficient (Wildman–Crippen LogP) is 6.96. The van der Waals surface area contributed by atoms with Gasteiger partial charge in [-0.3, -0.25) is 0 Å². The summed E-state index contributed by atoms with van der Waals surface area (Å²) in [5.74, 6) is -3.83. The number of hydrogen-bond acceptors (Lipinski definition) is 4. The van der Waals surface area contributed by atoms with Crippen LogP contribution in [0.1, 0.15) is 46.1 Å². The molecule has 2 rings (SSSR count). The maximum atomic E-state index is 15.1. The molecule has 0 amide bonds. The van der Waals surface area contributed by atoms with Crippen LogP contribution in [0.15, 0.2) is 90.9 Å². The number of halogens is 3. The first-order valence-electron chi connectivity index (χ1n) is 12.2. The summed E-state index contributed by atoms with van der Waals surface area (Å²) in [6.45, 7) is 18.2. The maximum Gasteiger partial charge on any atom is 0.280 e. The van der Waals surface area contributed by atoms with Crippen LogP contribution in [0.25, 0.3) is 5.57 Å². The number of amidine groups is 1. The summed E-state index contributed by atoms with van der Waals surface area (Å²) in [5.41, 5.74) is 7.14. The standard InChI is InChI=1S/C27H32F3N3O2.C2H6/c1-6-10-20(8-3)25(34)27(29,30)14-16-35-23-12-9-11-22(24(23)28)21-13-15-33(19(5)17-21)32-26(31)18(4)7-2;1-2/h6,8-13,15,17-18,25,34H,1,3,5,7,14,16H2,2,4H3,(H2,31,32);1-2H3/b20-10+;. The van der Waals surface area contributed by atoms with Gasteiger partial charge in [-0.05, 0) is 35.8 Å². The van der Waals surface area contributed by atoms with Crippen molar-refractivity contribution >= 4 is 11.4 Å². The van der Waals surface area contributed by atoms with E-state index in [2.05, 4.69) is 24.8 Å². The molecule has 2 unspecified atom stereocenters. The summed E-state index contributed by atoms with van der Waals surface area (Å²) < 4.78 is 49.2. The lowest BCUT2D eigenvalue weighted by molar-refractivity contribution is -0.101. The van der Waals surface area contributed by atoms with Gasteiger partial charge in [0, 0.05) is 24.1 Å². The Morgan fingerprint density at radius 1 is 1.30 bits per heavy atom. The van der Waals surface area contributed by atoms with Gasteiger partial charge in [0.25, 0.3) is 5.92 Å². The predicted molar refractivity (Wildman–Crippen MR) is 146 cm³/mol. The molecule has 1 aliphatic heterocycles. The maximum absolute atomic E-state index is 15.1. The molecular formula is C29H38F3N3O2. The van der Waals surface area contributed by atoms with Crippen LogP contribution in [-0.4, -0.2) is 34.6 Å². The molecule has 1 aromatic rings. The quantitative estimate of drug-likeness (QED) is 0.179. The van der Waals surface area contributed by atoms with Crippen LogP contribution in [0.2, 0.25) is 0 Å². The molecule has 3 N–H and O–H groups in total. The van der Waals surface area contributed by atoms with E-state index in [4.69, 9.17) is 10.5 Å². The van der Waals surface area contributed by atoms with Crippen molar-refractivity contribution in [3.63, 3.8) is 0 Å². The topological polar surface area (TPSA) is 71.1 Å². The van der Waals surface area contributed by atoms with Gasteiger partial charge in [-0.2, -0.15) is 5.10 Å². The Bertz CT molecular complexity index is 1070. The summed E-state index contributed by atoms with van der Waals surface area (Å²) in [6, 6.07) is 4.46. The molecule has 0 aliphatic carbocycles. The van der Waals surface area contributed by atoms with Gasteiger partial charge >= 0.3 is 0 Å². The monoisotopic (exact) mass is 517 g/mol. The third-order valence-electron chi connectivity index (χ3n) is 5.58. The van der Waals surface area contributed by atoms with Crippen LogP contribution >= 0.6 is 0 Å². The molecule has 202 valence electrons. The van der Waals surface area contributed by atoms with Gasteiger partial charge < -0.3 is 15.6 Å². The second-order valence-electron chi connectivity index (χ2n) is 8.07. The zero-order valence-electron chi connectivity index (χ0n) is 22.1. The van der Waals surface area contributed by atoms with Crippen LogP contribution in [0.5, 0.6) is 5.75 Å². The normalized spacial score (nSPS) is 15.8. The Balaban J connectivity index is 0.00000334. The Kier molecular flexibility index (Phi) is 12.7. The lowest BCUT2D eigenvalue weighted by Crippen LogP contribution is -2.36. The van der Waals surface area contributed by atoms with E-state index in [1.807, 2.05) is 27.7 Å². The highest BCUT2D eigenvalue weighted by Crippen LogP contribution is 2.32. The largest absolute Gasteiger partial charge is 0.490 e. The second kappa shape index (κ2) is 14.9. The lowest BCUT2D eigenvalue weighted by atomic mass is 10.0. The average Bonchev–Trinajstić information content (AvgIpc) is 2.89. The van der Waals surface area contributed by atoms with Crippen molar-refractivity contribution in [2.45, 2.75) is 52.6 Å². The smallest absolute Gasteiger partial charge is 0.280 e. The molecule has 0 aromatic heterocycles. The first kappa shape index (κ1) is 31.5. The van der Waals surface area contributed by atoms with Crippen molar-refractivity contribution in [2.24, 2.45) is 16.8 Å². The third kappa shape index (κ3) is 8.53. The number of allylic oxidation sites excluding steroid dienone is 5. The molecule has 5 nitrogen and oxygen atoms in total. The Labute approximate surface area is 218 Å². The summed E-state index contributed by atoms with van der Waals surface area (Å²) in [4.78, 5) is 0. The number of nitrogens with zero attached hydrogens (tertiary/aromatic N) is 2. The van der Waals surface area contributed by atoms with Gasteiger partial charge in [0.1, 0.15) is 11.9 Å². The number of rotatable bonds is 12. The van der Waals surface area contributed by atoms with Gasteiger partial charge in [0.05, 0.1) is 12.3 Å². The fourth-order valence-corrected chi connectivity index (χ4v) is 3.17. The minimum atomic E-state index is -3.51. The van der Waals surface area contributed by atoms with Crippen molar-refractivity contribution in [1.29, 1.82) is 0 Å². The van der Waals surface area contributed by atoms with E-state index in [1.165, 1.54) is 23.2 Å². The minimum Gasteiger partial charge on any atom is -0.490 e. The van der Waals surface area contributed by atoms with E-state index in [0.29, 0.717) is 17.1 Å². The van der Waals surface area contributed by atoms with Gasteiger partial charge in [0.15, 0.2) is 11.6 Å². The van der Waals surface area contributed by atoms with Gasteiger partial charge in [-0.1, -0.05) is 77.8 Å². The van der Waals surface area contributed by atoms with E-state index >= 15 is 4.39 Å². The first-order valence-corrected chi connectivity index (χ1v) is 12.2. The number of aliphatic hydroxyl groups is 1. The highest BCUT2D eigenvalue weighted by molar-refractivity contribution is 5.83. The number of hydrogen-bond donors (Lipinski definition) is 2. The van der Waals surface area contributed by atoms with Crippen molar-refractivity contribution < 1.29 is 23.0 Å². The fourth-order valence-electron chi connectivity index (χ4n) is 3.17.